The average molecular weight is 255 g/mol. The van der Waals surface area contributed by atoms with E-state index in [9.17, 15) is 0 Å². The topological polar surface area (TPSA) is 35.2 Å². The second-order valence-corrected chi connectivity index (χ2v) is 5.60. The molecule has 1 aliphatic carbocycles. The molecule has 1 aliphatic rings. The van der Waals surface area contributed by atoms with Crippen LogP contribution in [0.15, 0.2) is 36.4 Å². The van der Waals surface area contributed by atoms with E-state index in [4.69, 9.17) is 10.5 Å². The highest BCUT2D eigenvalue weighted by molar-refractivity contribution is 5.89. The molecule has 2 heteroatoms. The summed E-state index contributed by atoms with van der Waals surface area (Å²) < 4.78 is 6.14. The van der Waals surface area contributed by atoms with Gasteiger partial charge in [-0.05, 0) is 31.1 Å². The summed E-state index contributed by atoms with van der Waals surface area (Å²) in [5.74, 6) is 1.72. The van der Waals surface area contributed by atoms with Crippen LogP contribution in [-0.4, -0.2) is 6.61 Å². The number of rotatable bonds is 4. The lowest BCUT2D eigenvalue weighted by Crippen LogP contribution is -2.20. The van der Waals surface area contributed by atoms with Crippen LogP contribution < -0.4 is 10.5 Å². The van der Waals surface area contributed by atoms with Gasteiger partial charge in [-0.1, -0.05) is 42.8 Å². The molecule has 0 bridgehead atoms. The Morgan fingerprint density at radius 1 is 1.21 bits per heavy atom. The van der Waals surface area contributed by atoms with Crippen LogP contribution in [0.1, 0.15) is 37.8 Å². The van der Waals surface area contributed by atoms with Gasteiger partial charge in [-0.25, -0.2) is 0 Å². The fourth-order valence-corrected chi connectivity index (χ4v) is 2.64. The third kappa shape index (κ3) is 2.45. The Labute approximate surface area is 114 Å². The third-order valence-corrected chi connectivity index (χ3v) is 4.09. The van der Waals surface area contributed by atoms with Gasteiger partial charge in [0.25, 0.3) is 0 Å². The van der Waals surface area contributed by atoms with Gasteiger partial charge in [0.1, 0.15) is 5.75 Å². The van der Waals surface area contributed by atoms with Gasteiger partial charge in [-0.2, -0.15) is 0 Å². The van der Waals surface area contributed by atoms with E-state index in [-0.39, 0.29) is 6.04 Å². The van der Waals surface area contributed by atoms with E-state index in [1.807, 2.05) is 6.92 Å². The molecule has 0 spiro atoms. The summed E-state index contributed by atoms with van der Waals surface area (Å²) in [5, 5.41) is 2.40. The molecule has 0 heterocycles. The van der Waals surface area contributed by atoms with Crippen LogP contribution in [0.5, 0.6) is 5.75 Å². The fourth-order valence-electron chi connectivity index (χ4n) is 2.64. The van der Waals surface area contributed by atoms with Crippen molar-refractivity contribution >= 4 is 10.8 Å². The minimum Gasteiger partial charge on any atom is -0.492 e. The Morgan fingerprint density at radius 3 is 2.68 bits per heavy atom. The molecule has 1 fully saturated rings. The maximum Gasteiger partial charge on any atom is 0.131 e. The normalized spacial score (nSPS) is 17.2. The van der Waals surface area contributed by atoms with E-state index in [2.05, 4.69) is 36.4 Å². The smallest absolute Gasteiger partial charge is 0.131 e. The molecule has 3 rings (SSSR count). The zero-order valence-electron chi connectivity index (χ0n) is 11.4. The molecule has 0 radical (unpaired) electrons. The highest BCUT2D eigenvalue weighted by atomic mass is 16.5. The molecule has 0 amide bonds. The molecule has 2 aromatic carbocycles. The van der Waals surface area contributed by atoms with E-state index in [1.54, 1.807) is 0 Å². The molecule has 0 saturated heterocycles. The Hall–Kier alpha value is -1.54. The van der Waals surface area contributed by atoms with Crippen LogP contribution in [0.2, 0.25) is 0 Å². The minimum atomic E-state index is 0.000923. The Kier molecular flexibility index (Phi) is 3.43. The predicted molar refractivity (Wildman–Crippen MR) is 79.4 cm³/mol. The Morgan fingerprint density at radius 2 is 2.00 bits per heavy atom. The first-order valence-corrected chi connectivity index (χ1v) is 7.15. The monoisotopic (exact) mass is 255 g/mol. The maximum atomic E-state index is 6.14. The Bertz CT molecular complexity index is 572. The molecule has 19 heavy (non-hydrogen) atoms. The zero-order valence-corrected chi connectivity index (χ0v) is 11.4. The van der Waals surface area contributed by atoms with E-state index in [0.29, 0.717) is 0 Å². The lowest BCUT2D eigenvalue weighted by molar-refractivity contribution is 0.180. The first kappa shape index (κ1) is 12.5. The Balaban J connectivity index is 1.98. The number of hydrogen-bond acceptors (Lipinski definition) is 2. The molecule has 2 aromatic rings. The summed E-state index contributed by atoms with van der Waals surface area (Å²) >= 11 is 0. The summed E-state index contributed by atoms with van der Waals surface area (Å²) in [6.07, 6.45) is 3.96. The van der Waals surface area contributed by atoms with E-state index in [1.165, 1.54) is 30.0 Å². The van der Waals surface area contributed by atoms with Crippen molar-refractivity contribution in [2.24, 2.45) is 11.7 Å². The SMILES string of the molecule is C[C@H](N)c1ccc2ccccc2c1OCC1CCC1. The fraction of sp³-hybridized carbons (Fsp3) is 0.412. The predicted octanol–water partition coefficient (Wildman–Crippen LogP) is 4.04. The highest BCUT2D eigenvalue weighted by Crippen LogP contribution is 2.35. The summed E-state index contributed by atoms with van der Waals surface area (Å²) in [7, 11) is 0. The van der Waals surface area contributed by atoms with Crippen molar-refractivity contribution in [1.82, 2.24) is 0 Å². The first-order chi connectivity index (χ1) is 9.25. The van der Waals surface area contributed by atoms with Crippen molar-refractivity contribution in [1.29, 1.82) is 0 Å². The van der Waals surface area contributed by atoms with E-state index >= 15 is 0 Å². The van der Waals surface area contributed by atoms with Crippen molar-refractivity contribution < 1.29 is 4.74 Å². The van der Waals surface area contributed by atoms with Crippen molar-refractivity contribution in [2.45, 2.75) is 32.2 Å². The lowest BCUT2D eigenvalue weighted by atomic mass is 9.86. The molecule has 0 aliphatic heterocycles. The second-order valence-electron chi connectivity index (χ2n) is 5.60. The van der Waals surface area contributed by atoms with Crippen molar-refractivity contribution in [3.05, 3.63) is 42.0 Å². The maximum absolute atomic E-state index is 6.14. The lowest BCUT2D eigenvalue weighted by Gasteiger charge is -2.26. The van der Waals surface area contributed by atoms with Crippen molar-refractivity contribution in [3.63, 3.8) is 0 Å². The van der Waals surface area contributed by atoms with Gasteiger partial charge in [-0.3, -0.25) is 0 Å². The van der Waals surface area contributed by atoms with Crippen LogP contribution in [0.4, 0.5) is 0 Å². The van der Waals surface area contributed by atoms with Gasteiger partial charge in [0.05, 0.1) is 6.61 Å². The van der Waals surface area contributed by atoms with Crippen molar-refractivity contribution in [2.75, 3.05) is 6.61 Å². The largest absolute Gasteiger partial charge is 0.492 e. The van der Waals surface area contributed by atoms with Gasteiger partial charge < -0.3 is 10.5 Å². The van der Waals surface area contributed by atoms with Crippen LogP contribution in [-0.2, 0) is 0 Å². The van der Waals surface area contributed by atoms with Gasteiger partial charge in [0, 0.05) is 17.0 Å². The quantitative estimate of drug-likeness (QED) is 0.895. The minimum absolute atomic E-state index is 0.000923. The van der Waals surface area contributed by atoms with Crippen LogP contribution in [0.25, 0.3) is 10.8 Å². The van der Waals surface area contributed by atoms with Gasteiger partial charge in [0.15, 0.2) is 0 Å². The zero-order chi connectivity index (χ0) is 13.2. The van der Waals surface area contributed by atoms with E-state index in [0.717, 1.165) is 23.8 Å². The summed E-state index contributed by atoms with van der Waals surface area (Å²) in [5.41, 5.74) is 7.19. The number of ether oxygens (including phenoxy) is 1. The molecule has 1 saturated carbocycles. The third-order valence-electron chi connectivity index (χ3n) is 4.09. The summed E-state index contributed by atoms with van der Waals surface area (Å²) in [6, 6.07) is 12.6. The number of benzene rings is 2. The van der Waals surface area contributed by atoms with Crippen LogP contribution in [0.3, 0.4) is 0 Å². The molecular formula is C17H21NO. The van der Waals surface area contributed by atoms with Crippen molar-refractivity contribution in [3.8, 4) is 5.75 Å². The van der Waals surface area contributed by atoms with Gasteiger partial charge in [0.2, 0.25) is 0 Å². The van der Waals surface area contributed by atoms with Crippen LogP contribution >= 0.6 is 0 Å². The van der Waals surface area contributed by atoms with E-state index < -0.39 is 0 Å². The molecular weight excluding hydrogens is 234 g/mol. The number of nitrogens with two attached hydrogens (primary N) is 1. The standard InChI is InChI=1S/C17H21NO/c1-12(18)15-10-9-14-7-2-3-8-16(14)17(15)19-11-13-5-4-6-13/h2-3,7-10,12-13H,4-6,11,18H2,1H3/t12-/m0/s1. The number of hydrogen-bond donors (Lipinski definition) is 1. The summed E-state index contributed by atoms with van der Waals surface area (Å²) in [4.78, 5) is 0. The summed E-state index contributed by atoms with van der Waals surface area (Å²) in [6.45, 7) is 2.84. The molecule has 2 nitrogen and oxygen atoms in total. The second kappa shape index (κ2) is 5.22. The number of fused-ring (bicyclic) bond motifs is 1. The van der Waals surface area contributed by atoms with Gasteiger partial charge >= 0.3 is 0 Å². The first-order valence-electron chi connectivity index (χ1n) is 7.15. The molecule has 1 atom stereocenters. The van der Waals surface area contributed by atoms with Crippen LogP contribution in [0, 0.1) is 5.92 Å². The molecule has 2 N–H and O–H groups in total. The molecule has 0 unspecified atom stereocenters. The molecule has 100 valence electrons. The highest BCUT2D eigenvalue weighted by Gasteiger charge is 2.20. The van der Waals surface area contributed by atoms with Gasteiger partial charge in [-0.15, -0.1) is 0 Å². The average Bonchev–Trinajstić information content (AvgIpc) is 2.36. The molecule has 0 aromatic heterocycles.